The van der Waals surface area contributed by atoms with Crippen molar-refractivity contribution in [3.63, 3.8) is 0 Å². The van der Waals surface area contributed by atoms with E-state index < -0.39 is 11.8 Å². The number of benzene rings is 2. The zero-order valence-electron chi connectivity index (χ0n) is 15.2. The monoisotopic (exact) mass is 434 g/mol. The Bertz CT molecular complexity index is 1020. The van der Waals surface area contributed by atoms with Crippen molar-refractivity contribution in [2.75, 3.05) is 24.4 Å². The van der Waals surface area contributed by atoms with E-state index in [-0.39, 0.29) is 12.4 Å². The molecule has 29 heavy (non-hydrogen) atoms. The highest BCUT2D eigenvalue weighted by atomic mass is 35.5. The first kappa shape index (κ1) is 20.6. The van der Waals surface area contributed by atoms with Gasteiger partial charge in [-0.3, -0.25) is 9.59 Å². The van der Waals surface area contributed by atoms with Gasteiger partial charge in [0, 0.05) is 16.8 Å². The lowest BCUT2D eigenvalue weighted by atomic mass is 10.2. The van der Waals surface area contributed by atoms with Gasteiger partial charge in [0.15, 0.2) is 12.4 Å². The van der Waals surface area contributed by atoms with Crippen LogP contribution in [0.15, 0.2) is 59.2 Å². The van der Waals surface area contributed by atoms with Gasteiger partial charge in [-0.15, -0.1) is 0 Å². The number of carbonyl (C=O) groups is 2. The van der Waals surface area contributed by atoms with Gasteiger partial charge in [-0.1, -0.05) is 23.2 Å². The molecule has 3 aromatic rings. The molecule has 2 amide bonds. The van der Waals surface area contributed by atoms with E-state index in [9.17, 15) is 9.59 Å². The van der Waals surface area contributed by atoms with Gasteiger partial charge < -0.3 is 24.5 Å². The summed E-state index contributed by atoms with van der Waals surface area (Å²) >= 11 is 11.8. The van der Waals surface area contributed by atoms with Gasteiger partial charge in [-0.2, -0.15) is 0 Å². The van der Waals surface area contributed by atoms with E-state index in [1.165, 1.54) is 19.4 Å². The fraction of sp³-hybridized carbons (Fsp3) is 0.100. The Balaban J connectivity index is 1.61. The predicted molar refractivity (Wildman–Crippen MR) is 110 cm³/mol. The highest BCUT2D eigenvalue weighted by Crippen LogP contribution is 2.29. The molecule has 7 nitrogen and oxygen atoms in total. The van der Waals surface area contributed by atoms with Gasteiger partial charge in [0.1, 0.15) is 11.5 Å². The van der Waals surface area contributed by atoms with Gasteiger partial charge in [0.05, 0.1) is 24.1 Å². The number of halogens is 2. The fourth-order valence-corrected chi connectivity index (χ4v) is 2.86. The number of hydrogen-bond donors (Lipinski definition) is 2. The van der Waals surface area contributed by atoms with Crippen LogP contribution in [-0.2, 0) is 4.79 Å². The number of anilines is 2. The molecule has 0 saturated heterocycles. The Morgan fingerprint density at radius 1 is 1.03 bits per heavy atom. The summed E-state index contributed by atoms with van der Waals surface area (Å²) in [5.41, 5.74) is 0.893. The van der Waals surface area contributed by atoms with Crippen LogP contribution in [-0.4, -0.2) is 25.5 Å². The van der Waals surface area contributed by atoms with Crippen LogP contribution in [0.1, 0.15) is 10.6 Å². The van der Waals surface area contributed by atoms with Crippen molar-refractivity contribution in [3.8, 4) is 11.5 Å². The number of carbonyl (C=O) groups excluding carboxylic acids is 2. The summed E-state index contributed by atoms with van der Waals surface area (Å²) in [4.78, 5) is 24.3. The summed E-state index contributed by atoms with van der Waals surface area (Å²) in [6.45, 7) is -0.249. The molecule has 150 valence electrons. The van der Waals surface area contributed by atoms with E-state index in [0.29, 0.717) is 32.9 Å². The Morgan fingerprint density at radius 3 is 2.55 bits per heavy atom. The quantitative estimate of drug-likeness (QED) is 0.553. The van der Waals surface area contributed by atoms with Crippen molar-refractivity contribution in [2.24, 2.45) is 0 Å². The van der Waals surface area contributed by atoms with Crippen molar-refractivity contribution >= 4 is 46.4 Å². The first-order valence-corrected chi connectivity index (χ1v) is 9.12. The van der Waals surface area contributed by atoms with Crippen LogP contribution in [0.4, 0.5) is 11.4 Å². The van der Waals surface area contributed by atoms with Gasteiger partial charge in [0.25, 0.3) is 11.8 Å². The lowest BCUT2D eigenvalue weighted by molar-refractivity contribution is -0.118. The molecule has 0 spiro atoms. The normalized spacial score (nSPS) is 10.3. The maximum Gasteiger partial charge on any atom is 0.291 e. The van der Waals surface area contributed by atoms with Crippen molar-refractivity contribution in [2.45, 2.75) is 0 Å². The smallest absolute Gasteiger partial charge is 0.291 e. The molecule has 9 heteroatoms. The number of ether oxygens (including phenoxy) is 2. The summed E-state index contributed by atoms with van der Waals surface area (Å²) in [7, 11) is 1.45. The van der Waals surface area contributed by atoms with E-state index >= 15 is 0 Å². The summed E-state index contributed by atoms with van der Waals surface area (Å²) in [5, 5.41) is 6.14. The maximum absolute atomic E-state index is 12.2. The molecule has 2 aromatic carbocycles. The van der Waals surface area contributed by atoms with Crippen LogP contribution in [0.5, 0.6) is 11.5 Å². The standard InChI is InChI=1S/C20H16Cl2N2O5/c1-27-18-10-13(5-6-15(18)24-20(26)17-3-2-8-28-17)23-19(25)11-29-16-7-4-12(21)9-14(16)22/h2-10H,11H2,1H3,(H,23,25)(H,24,26). The third-order valence-electron chi connectivity index (χ3n) is 3.73. The Labute approximate surface area is 176 Å². The summed E-state index contributed by atoms with van der Waals surface area (Å²) in [6, 6.07) is 12.7. The minimum absolute atomic E-state index is 0.169. The molecule has 2 N–H and O–H groups in total. The minimum Gasteiger partial charge on any atom is -0.494 e. The zero-order valence-corrected chi connectivity index (χ0v) is 16.7. The maximum atomic E-state index is 12.2. The molecule has 0 fully saturated rings. The summed E-state index contributed by atoms with van der Waals surface area (Å²) in [5.74, 6) is 0.0652. The second-order valence-corrected chi connectivity index (χ2v) is 6.60. The molecule has 0 radical (unpaired) electrons. The SMILES string of the molecule is COc1cc(NC(=O)COc2ccc(Cl)cc2Cl)ccc1NC(=O)c1ccco1. The van der Waals surface area contributed by atoms with E-state index in [1.807, 2.05) is 0 Å². The highest BCUT2D eigenvalue weighted by Gasteiger charge is 2.13. The average Bonchev–Trinajstić information content (AvgIpc) is 3.23. The molecule has 0 aliphatic rings. The Kier molecular flexibility index (Phi) is 6.64. The molecule has 0 atom stereocenters. The van der Waals surface area contributed by atoms with Crippen LogP contribution in [0.25, 0.3) is 0 Å². The predicted octanol–water partition coefficient (Wildman–Crippen LogP) is 4.86. The minimum atomic E-state index is -0.418. The molecule has 3 rings (SSSR count). The molecule has 1 aromatic heterocycles. The van der Waals surface area contributed by atoms with Crippen LogP contribution in [0, 0.1) is 0 Å². The zero-order chi connectivity index (χ0) is 20.8. The number of methoxy groups -OCH3 is 1. The summed E-state index contributed by atoms with van der Waals surface area (Å²) < 4.78 is 15.7. The molecule has 0 unspecified atom stereocenters. The van der Waals surface area contributed by atoms with Gasteiger partial charge >= 0.3 is 0 Å². The van der Waals surface area contributed by atoms with Crippen LogP contribution >= 0.6 is 23.2 Å². The van der Waals surface area contributed by atoms with Crippen molar-refractivity contribution < 1.29 is 23.5 Å². The molecular weight excluding hydrogens is 419 g/mol. The van der Waals surface area contributed by atoms with Crippen LogP contribution in [0.3, 0.4) is 0 Å². The van der Waals surface area contributed by atoms with Crippen LogP contribution < -0.4 is 20.1 Å². The Hall–Kier alpha value is -3.16. The molecule has 0 bridgehead atoms. The van der Waals surface area contributed by atoms with E-state index in [1.54, 1.807) is 42.5 Å². The van der Waals surface area contributed by atoms with E-state index in [2.05, 4.69) is 10.6 Å². The third kappa shape index (κ3) is 5.43. The first-order chi connectivity index (χ1) is 14.0. The van der Waals surface area contributed by atoms with E-state index in [4.69, 9.17) is 37.1 Å². The topological polar surface area (TPSA) is 89.8 Å². The highest BCUT2D eigenvalue weighted by molar-refractivity contribution is 6.35. The molecule has 0 aliphatic heterocycles. The number of nitrogens with one attached hydrogen (secondary N) is 2. The van der Waals surface area contributed by atoms with Crippen molar-refractivity contribution in [1.29, 1.82) is 0 Å². The number of amides is 2. The number of furan rings is 1. The number of rotatable bonds is 7. The molecular formula is C20H16Cl2N2O5. The van der Waals surface area contributed by atoms with Gasteiger partial charge in [-0.05, 0) is 42.5 Å². The first-order valence-electron chi connectivity index (χ1n) is 8.37. The molecule has 1 heterocycles. The van der Waals surface area contributed by atoms with Crippen LogP contribution in [0.2, 0.25) is 10.0 Å². The third-order valence-corrected chi connectivity index (χ3v) is 4.26. The Morgan fingerprint density at radius 2 is 1.86 bits per heavy atom. The average molecular weight is 435 g/mol. The summed E-state index contributed by atoms with van der Waals surface area (Å²) in [6.07, 6.45) is 1.41. The second kappa shape index (κ2) is 9.36. The van der Waals surface area contributed by atoms with E-state index in [0.717, 1.165) is 0 Å². The molecule has 0 saturated carbocycles. The lowest BCUT2D eigenvalue weighted by Gasteiger charge is -2.13. The fourth-order valence-electron chi connectivity index (χ4n) is 2.40. The van der Waals surface area contributed by atoms with Gasteiger partial charge in [-0.25, -0.2) is 0 Å². The van der Waals surface area contributed by atoms with Crippen molar-refractivity contribution in [3.05, 3.63) is 70.6 Å². The number of hydrogen-bond acceptors (Lipinski definition) is 5. The second-order valence-electron chi connectivity index (χ2n) is 5.76. The van der Waals surface area contributed by atoms with Gasteiger partial charge in [0.2, 0.25) is 0 Å². The lowest BCUT2D eigenvalue weighted by Crippen LogP contribution is -2.20. The van der Waals surface area contributed by atoms with Crippen molar-refractivity contribution in [1.82, 2.24) is 0 Å². The molecule has 0 aliphatic carbocycles. The largest absolute Gasteiger partial charge is 0.494 e.